The van der Waals surface area contributed by atoms with Crippen molar-refractivity contribution in [3.8, 4) is 0 Å². The fourth-order valence-electron chi connectivity index (χ4n) is 4.32. The smallest absolute Gasteiger partial charge is 0.203 e. The lowest BCUT2D eigenvalue weighted by Gasteiger charge is -2.35. The molecule has 1 saturated heterocycles. The maximum atomic E-state index is 6.31. The van der Waals surface area contributed by atoms with Gasteiger partial charge in [-0.1, -0.05) is 67.9 Å². The molecule has 1 aliphatic heterocycles. The largest absolute Gasteiger partial charge is 1.00 e. The van der Waals surface area contributed by atoms with Crippen molar-refractivity contribution in [3.63, 3.8) is 0 Å². The van der Waals surface area contributed by atoms with E-state index in [1.54, 1.807) is 0 Å². The summed E-state index contributed by atoms with van der Waals surface area (Å²) in [6, 6.07) is 32.9. The van der Waals surface area contributed by atoms with Crippen LogP contribution >= 0.6 is 7.26 Å². The Morgan fingerprint density at radius 1 is 0.690 bits per heavy atom. The number of hydrogen-bond acceptors (Lipinski definition) is 2. The standard InChI is InChI=1S/C25H28O2P.BrH/c1-2-18-25(26-19-20-27-25)21-28(22-12-6-3-7-13-22,23-14-8-4-9-15-23)24-16-10-5-11-17-24;/h3-17H,2,18-21H2,1H3;1H/q+1;/p-1. The van der Waals surface area contributed by atoms with E-state index < -0.39 is 13.0 Å². The summed E-state index contributed by atoms with van der Waals surface area (Å²) in [6.45, 7) is 3.57. The molecule has 4 heteroatoms. The summed E-state index contributed by atoms with van der Waals surface area (Å²) < 4.78 is 12.6. The van der Waals surface area contributed by atoms with E-state index in [0.717, 1.165) is 19.0 Å². The van der Waals surface area contributed by atoms with Crippen LogP contribution in [0.5, 0.6) is 0 Å². The van der Waals surface area contributed by atoms with Crippen LogP contribution in [0.3, 0.4) is 0 Å². The number of halogens is 1. The van der Waals surface area contributed by atoms with Crippen LogP contribution in [0, 0.1) is 0 Å². The zero-order valence-corrected chi connectivity index (χ0v) is 19.3. The summed E-state index contributed by atoms with van der Waals surface area (Å²) in [5.41, 5.74) is 0. The SMILES string of the molecule is CCCC1(C[P+](c2ccccc2)(c2ccccc2)c2ccccc2)OCCO1.[Br-]. The van der Waals surface area contributed by atoms with Crippen molar-refractivity contribution in [2.45, 2.75) is 25.6 Å². The van der Waals surface area contributed by atoms with Gasteiger partial charge in [0.15, 0.2) is 0 Å². The Morgan fingerprint density at radius 3 is 1.41 bits per heavy atom. The van der Waals surface area contributed by atoms with Gasteiger partial charge in [-0.3, -0.25) is 0 Å². The molecule has 0 N–H and O–H groups in total. The van der Waals surface area contributed by atoms with Crippen LogP contribution in [-0.4, -0.2) is 25.2 Å². The summed E-state index contributed by atoms with van der Waals surface area (Å²) in [5, 5.41) is 4.13. The van der Waals surface area contributed by atoms with Crippen LogP contribution < -0.4 is 32.9 Å². The predicted octanol–water partition coefficient (Wildman–Crippen LogP) is 1.53. The summed E-state index contributed by atoms with van der Waals surface area (Å²) in [7, 11) is -1.95. The average molecular weight is 471 g/mol. The third-order valence-electron chi connectivity index (χ3n) is 5.51. The van der Waals surface area contributed by atoms with Gasteiger partial charge >= 0.3 is 0 Å². The molecule has 0 aliphatic carbocycles. The molecule has 0 aromatic heterocycles. The summed E-state index contributed by atoms with van der Waals surface area (Å²) in [4.78, 5) is 0. The van der Waals surface area contributed by atoms with Gasteiger partial charge in [-0.2, -0.15) is 0 Å². The third-order valence-corrected chi connectivity index (χ3v) is 10.0. The molecule has 0 unspecified atom stereocenters. The highest BCUT2D eigenvalue weighted by Gasteiger charge is 2.54. The van der Waals surface area contributed by atoms with E-state index in [2.05, 4.69) is 97.9 Å². The van der Waals surface area contributed by atoms with Gasteiger partial charge in [0.25, 0.3) is 0 Å². The molecule has 0 amide bonds. The Balaban J connectivity index is 0.00000240. The molecule has 0 radical (unpaired) electrons. The first-order chi connectivity index (χ1) is 13.8. The Hall–Kier alpha value is -1.51. The van der Waals surface area contributed by atoms with E-state index >= 15 is 0 Å². The van der Waals surface area contributed by atoms with E-state index in [9.17, 15) is 0 Å². The van der Waals surface area contributed by atoms with E-state index in [1.165, 1.54) is 15.9 Å². The second-order valence-corrected chi connectivity index (χ2v) is 10.8. The Bertz CT molecular complexity index is 768. The summed E-state index contributed by atoms with van der Waals surface area (Å²) in [5.74, 6) is -0.510. The molecular formula is C25H28BrO2P. The van der Waals surface area contributed by atoms with Gasteiger partial charge in [0.05, 0.1) is 13.2 Å². The number of benzene rings is 3. The average Bonchev–Trinajstić information content (AvgIpc) is 3.22. The fourth-order valence-corrected chi connectivity index (χ4v) is 8.87. The molecule has 4 rings (SSSR count). The Morgan fingerprint density at radius 2 is 1.07 bits per heavy atom. The van der Waals surface area contributed by atoms with Crippen LogP contribution in [0.15, 0.2) is 91.0 Å². The van der Waals surface area contributed by atoms with Gasteiger partial charge in [-0.25, -0.2) is 0 Å². The van der Waals surface area contributed by atoms with Crippen molar-refractivity contribution in [1.82, 2.24) is 0 Å². The zero-order chi connectivity index (χ0) is 19.3. The Labute approximate surface area is 185 Å². The zero-order valence-electron chi connectivity index (χ0n) is 16.8. The fraction of sp³-hybridized carbons (Fsp3) is 0.280. The molecule has 29 heavy (non-hydrogen) atoms. The minimum Gasteiger partial charge on any atom is -1.00 e. The minimum absolute atomic E-state index is 0. The molecule has 3 aromatic rings. The lowest BCUT2D eigenvalue weighted by atomic mass is 10.2. The van der Waals surface area contributed by atoms with Gasteiger partial charge in [-0.05, 0) is 36.4 Å². The first-order valence-electron chi connectivity index (χ1n) is 10.1. The lowest BCUT2D eigenvalue weighted by Crippen LogP contribution is -3.00. The topological polar surface area (TPSA) is 18.5 Å². The van der Waals surface area contributed by atoms with Crippen LogP contribution in [-0.2, 0) is 9.47 Å². The molecule has 3 aromatic carbocycles. The first-order valence-corrected chi connectivity index (χ1v) is 12.1. The van der Waals surface area contributed by atoms with Crippen LogP contribution in [0.1, 0.15) is 19.8 Å². The van der Waals surface area contributed by atoms with Crippen molar-refractivity contribution in [2.75, 3.05) is 19.4 Å². The summed E-state index contributed by atoms with van der Waals surface area (Å²) in [6.07, 6.45) is 2.82. The molecule has 0 saturated carbocycles. The van der Waals surface area contributed by atoms with E-state index in [-0.39, 0.29) is 17.0 Å². The quantitative estimate of drug-likeness (QED) is 0.487. The van der Waals surface area contributed by atoms with Gasteiger partial charge in [-0.15, -0.1) is 0 Å². The van der Waals surface area contributed by atoms with Crippen LogP contribution in [0.4, 0.5) is 0 Å². The third kappa shape index (κ3) is 4.49. The molecule has 1 heterocycles. The molecule has 2 nitrogen and oxygen atoms in total. The monoisotopic (exact) mass is 470 g/mol. The highest BCUT2D eigenvalue weighted by Crippen LogP contribution is 2.58. The molecule has 1 aliphatic rings. The second kappa shape index (κ2) is 10.00. The molecule has 1 fully saturated rings. The second-order valence-electron chi connectivity index (χ2n) is 7.33. The van der Waals surface area contributed by atoms with Crippen molar-refractivity contribution in [3.05, 3.63) is 91.0 Å². The lowest BCUT2D eigenvalue weighted by molar-refractivity contribution is -0.143. The predicted molar refractivity (Wildman–Crippen MR) is 120 cm³/mol. The highest BCUT2D eigenvalue weighted by molar-refractivity contribution is 7.95. The molecule has 152 valence electrons. The molecule has 0 atom stereocenters. The number of rotatable bonds is 7. The van der Waals surface area contributed by atoms with Crippen molar-refractivity contribution in [1.29, 1.82) is 0 Å². The van der Waals surface area contributed by atoms with Crippen LogP contribution in [0.2, 0.25) is 0 Å². The van der Waals surface area contributed by atoms with Gasteiger partial charge in [0.2, 0.25) is 5.79 Å². The highest BCUT2D eigenvalue weighted by atomic mass is 79.9. The van der Waals surface area contributed by atoms with Gasteiger partial charge in [0.1, 0.15) is 29.3 Å². The molecular weight excluding hydrogens is 443 g/mol. The molecule has 0 bridgehead atoms. The minimum atomic E-state index is -1.95. The van der Waals surface area contributed by atoms with E-state index in [0.29, 0.717) is 13.2 Å². The van der Waals surface area contributed by atoms with Crippen molar-refractivity contribution >= 4 is 23.2 Å². The first kappa shape index (κ1) is 22.2. The van der Waals surface area contributed by atoms with Crippen LogP contribution in [0.25, 0.3) is 0 Å². The van der Waals surface area contributed by atoms with Crippen molar-refractivity contribution in [2.24, 2.45) is 0 Å². The Kier molecular flexibility index (Phi) is 7.65. The number of ether oxygens (including phenoxy) is 2. The van der Waals surface area contributed by atoms with Crippen molar-refractivity contribution < 1.29 is 26.5 Å². The van der Waals surface area contributed by atoms with E-state index in [4.69, 9.17) is 9.47 Å². The van der Waals surface area contributed by atoms with Gasteiger partial charge in [0, 0.05) is 6.42 Å². The van der Waals surface area contributed by atoms with E-state index in [1.807, 2.05) is 0 Å². The van der Waals surface area contributed by atoms with Gasteiger partial charge < -0.3 is 26.5 Å². The maximum absolute atomic E-state index is 6.31. The number of hydrogen-bond donors (Lipinski definition) is 0. The maximum Gasteiger partial charge on any atom is 0.203 e. The summed E-state index contributed by atoms with van der Waals surface area (Å²) >= 11 is 0. The molecule has 0 spiro atoms. The normalized spacial score (nSPS) is 15.6.